The van der Waals surface area contributed by atoms with Crippen molar-refractivity contribution in [1.82, 2.24) is 19.5 Å². The summed E-state index contributed by atoms with van der Waals surface area (Å²) >= 11 is 3.46. The van der Waals surface area contributed by atoms with E-state index in [9.17, 15) is 0 Å². The van der Waals surface area contributed by atoms with Gasteiger partial charge in [0.15, 0.2) is 0 Å². The summed E-state index contributed by atoms with van der Waals surface area (Å²) in [6.45, 7) is 2.60. The van der Waals surface area contributed by atoms with Gasteiger partial charge in [0.2, 0.25) is 0 Å². The van der Waals surface area contributed by atoms with E-state index >= 15 is 0 Å². The van der Waals surface area contributed by atoms with Crippen LogP contribution in [0.5, 0.6) is 0 Å². The predicted molar refractivity (Wildman–Crippen MR) is 118 cm³/mol. The lowest BCUT2D eigenvalue weighted by molar-refractivity contribution is 0.0108. The van der Waals surface area contributed by atoms with E-state index in [1.165, 1.54) is 0 Å². The maximum absolute atomic E-state index is 6.30. The van der Waals surface area contributed by atoms with Gasteiger partial charge in [-0.3, -0.25) is 4.98 Å². The number of pyridine rings is 1. The molecule has 1 aliphatic heterocycles. The molecule has 4 aromatic rings. The number of benzene rings is 1. The van der Waals surface area contributed by atoms with Crippen LogP contribution in [0, 0.1) is 6.92 Å². The van der Waals surface area contributed by atoms with Gasteiger partial charge in [-0.05, 0) is 60.0 Å². The minimum atomic E-state index is -0.0383. The second kappa shape index (κ2) is 7.27. The molecule has 2 atom stereocenters. The number of ether oxygens (including phenoxy) is 1. The molecule has 0 bridgehead atoms. The summed E-state index contributed by atoms with van der Waals surface area (Å²) in [5.41, 5.74) is 8.88. The van der Waals surface area contributed by atoms with Gasteiger partial charge in [0.25, 0.3) is 0 Å². The highest BCUT2D eigenvalue weighted by molar-refractivity contribution is 9.10. The van der Waals surface area contributed by atoms with Crippen molar-refractivity contribution >= 4 is 49.4 Å². The molecule has 0 spiro atoms. The van der Waals surface area contributed by atoms with E-state index < -0.39 is 0 Å². The summed E-state index contributed by atoms with van der Waals surface area (Å²) < 4.78 is 9.35. The van der Waals surface area contributed by atoms with Crippen molar-refractivity contribution in [2.75, 3.05) is 17.6 Å². The lowest BCUT2D eigenvalue weighted by Gasteiger charge is -2.17. The van der Waals surface area contributed by atoms with Crippen LogP contribution in [0.3, 0.4) is 0 Å². The van der Waals surface area contributed by atoms with E-state index in [4.69, 9.17) is 10.5 Å². The molecule has 0 radical (unpaired) electrons. The van der Waals surface area contributed by atoms with Crippen LogP contribution < -0.4 is 11.1 Å². The topological polar surface area (TPSA) is 90.9 Å². The van der Waals surface area contributed by atoms with Crippen molar-refractivity contribution in [2.45, 2.75) is 32.1 Å². The molecule has 0 amide bonds. The van der Waals surface area contributed by atoms with Gasteiger partial charge in [0.1, 0.15) is 23.5 Å². The second-order valence-electron chi connectivity index (χ2n) is 7.35. The van der Waals surface area contributed by atoms with Crippen LogP contribution in [0.25, 0.3) is 21.9 Å². The van der Waals surface area contributed by atoms with Crippen molar-refractivity contribution in [1.29, 1.82) is 0 Å². The summed E-state index contributed by atoms with van der Waals surface area (Å²) in [4.78, 5) is 13.3. The van der Waals surface area contributed by atoms with Crippen LogP contribution >= 0.6 is 15.9 Å². The summed E-state index contributed by atoms with van der Waals surface area (Å²) in [6, 6.07) is 10.2. The summed E-state index contributed by atoms with van der Waals surface area (Å²) in [5.74, 6) is 1.18. The Labute approximate surface area is 176 Å². The van der Waals surface area contributed by atoms with Crippen LogP contribution in [0.15, 0.2) is 47.2 Å². The molecule has 1 aromatic carbocycles. The van der Waals surface area contributed by atoms with Crippen LogP contribution in [-0.4, -0.2) is 32.2 Å². The lowest BCUT2D eigenvalue weighted by atomic mass is 10.2. The fourth-order valence-corrected chi connectivity index (χ4v) is 4.23. The molecule has 1 saturated heterocycles. The average molecular weight is 453 g/mol. The smallest absolute Gasteiger partial charge is 0.147 e. The Morgan fingerprint density at radius 2 is 2.14 bits per heavy atom. The molecule has 1 aliphatic rings. The molecule has 29 heavy (non-hydrogen) atoms. The summed E-state index contributed by atoms with van der Waals surface area (Å²) in [5, 5.41) is 5.46. The van der Waals surface area contributed by atoms with E-state index in [0.717, 1.165) is 51.5 Å². The monoisotopic (exact) mass is 452 g/mol. The van der Waals surface area contributed by atoms with Gasteiger partial charge in [-0.15, -0.1) is 0 Å². The molecule has 0 saturated carbocycles. The quantitative estimate of drug-likeness (QED) is 0.476. The molecular weight excluding hydrogens is 432 g/mol. The zero-order valence-electron chi connectivity index (χ0n) is 16.0. The van der Waals surface area contributed by atoms with Crippen LogP contribution in [0.1, 0.15) is 24.9 Å². The maximum Gasteiger partial charge on any atom is 0.147 e. The van der Waals surface area contributed by atoms with E-state index in [2.05, 4.69) is 65.0 Å². The molecular formula is C21H21BrN6O. The highest BCUT2D eigenvalue weighted by atomic mass is 79.9. The first kappa shape index (κ1) is 18.3. The van der Waals surface area contributed by atoms with E-state index in [1.54, 1.807) is 0 Å². The lowest BCUT2D eigenvalue weighted by Crippen LogP contribution is -2.20. The van der Waals surface area contributed by atoms with E-state index in [-0.39, 0.29) is 12.3 Å². The highest BCUT2D eigenvalue weighted by Gasteiger charge is 2.27. The van der Waals surface area contributed by atoms with Crippen molar-refractivity contribution < 1.29 is 4.74 Å². The second-order valence-corrected chi connectivity index (χ2v) is 8.26. The highest BCUT2D eigenvalue weighted by Crippen LogP contribution is 2.32. The summed E-state index contributed by atoms with van der Waals surface area (Å²) in [7, 11) is 0. The predicted octanol–water partition coefficient (Wildman–Crippen LogP) is 4.42. The van der Waals surface area contributed by atoms with Gasteiger partial charge < -0.3 is 20.4 Å². The van der Waals surface area contributed by atoms with E-state index in [1.807, 2.05) is 25.4 Å². The number of fused-ring (bicyclic) bond motifs is 2. The van der Waals surface area contributed by atoms with Crippen LogP contribution in [0.4, 0.5) is 11.5 Å². The van der Waals surface area contributed by atoms with Gasteiger partial charge in [0.05, 0.1) is 17.0 Å². The Kier molecular flexibility index (Phi) is 4.60. The van der Waals surface area contributed by atoms with Gasteiger partial charge in [-0.2, -0.15) is 0 Å². The first-order valence-electron chi connectivity index (χ1n) is 9.62. The molecule has 8 heteroatoms. The normalized spacial score (nSPS) is 19.2. The molecule has 3 N–H and O–H groups in total. The number of rotatable bonds is 4. The molecule has 7 nitrogen and oxygen atoms in total. The average Bonchev–Trinajstić information content (AvgIpc) is 3.33. The third-order valence-electron chi connectivity index (χ3n) is 5.29. The van der Waals surface area contributed by atoms with Crippen molar-refractivity contribution in [3.63, 3.8) is 0 Å². The third kappa shape index (κ3) is 3.54. The minimum Gasteiger partial charge on any atom is -0.383 e. The van der Waals surface area contributed by atoms with E-state index in [0.29, 0.717) is 11.6 Å². The number of nitrogens with zero attached hydrogens (tertiary/aromatic N) is 4. The fraction of sp³-hybridized carbons (Fsp3) is 0.286. The maximum atomic E-state index is 6.30. The fourth-order valence-electron chi connectivity index (χ4n) is 3.88. The van der Waals surface area contributed by atoms with Crippen molar-refractivity contribution in [2.24, 2.45) is 0 Å². The Hall–Kier alpha value is -2.71. The van der Waals surface area contributed by atoms with Crippen molar-refractivity contribution in [3.8, 4) is 0 Å². The third-order valence-corrected chi connectivity index (χ3v) is 5.73. The van der Waals surface area contributed by atoms with Crippen molar-refractivity contribution in [3.05, 3.63) is 53.0 Å². The molecule has 1 fully saturated rings. The molecule has 148 valence electrons. The largest absolute Gasteiger partial charge is 0.383 e. The zero-order valence-corrected chi connectivity index (χ0v) is 17.6. The number of nitrogens with one attached hydrogen (secondary N) is 1. The number of nitrogens with two attached hydrogens (primary N) is 1. The van der Waals surface area contributed by atoms with Gasteiger partial charge in [0, 0.05) is 34.5 Å². The number of hydrogen-bond donors (Lipinski definition) is 2. The van der Waals surface area contributed by atoms with Gasteiger partial charge >= 0.3 is 0 Å². The van der Waals surface area contributed by atoms with Gasteiger partial charge in [-0.1, -0.05) is 6.07 Å². The number of halogens is 1. The number of hydrogen-bond acceptors (Lipinski definition) is 6. The Morgan fingerprint density at radius 1 is 1.24 bits per heavy atom. The Morgan fingerprint density at radius 3 is 3.03 bits per heavy atom. The molecule has 5 rings (SSSR count). The molecule has 4 heterocycles. The SMILES string of the molecule is Cc1nc(N)c2ccn([C@H]3CC[C@@H](CNc4ccc5cc(Br)cnc5c4)O3)c2n1. The molecule has 0 unspecified atom stereocenters. The standard InChI is InChI=1S/C21H21BrN6O/c1-12-26-20(23)17-6-7-28(21(17)27-12)19-5-4-16(29-19)11-24-15-3-2-13-8-14(22)10-25-18(13)9-15/h2-3,6-10,16,19,24H,4-5,11H2,1H3,(H2,23,26,27)/t16-,19+/m0/s1. The minimum absolute atomic E-state index is 0.0383. The Balaban J connectivity index is 1.28. The number of anilines is 2. The Bertz CT molecular complexity index is 1210. The first-order chi connectivity index (χ1) is 14.1. The zero-order chi connectivity index (χ0) is 20.0. The van der Waals surface area contributed by atoms with Crippen LogP contribution in [0.2, 0.25) is 0 Å². The summed E-state index contributed by atoms with van der Waals surface area (Å²) in [6.07, 6.45) is 5.82. The number of aryl methyl sites for hydroxylation is 1. The van der Waals surface area contributed by atoms with Gasteiger partial charge in [-0.25, -0.2) is 9.97 Å². The number of aromatic nitrogens is 4. The number of nitrogen functional groups attached to an aromatic ring is 1. The van der Waals surface area contributed by atoms with Crippen LogP contribution in [-0.2, 0) is 4.74 Å². The first-order valence-corrected chi connectivity index (χ1v) is 10.4. The molecule has 3 aromatic heterocycles. The molecule has 0 aliphatic carbocycles.